The number of nitrogens with one attached hydrogen (secondary N) is 1. The molecule has 132 valence electrons. The first kappa shape index (κ1) is 17.7. The molecule has 1 N–H and O–H groups in total. The number of fused-ring (bicyclic) bond motifs is 1. The highest BCUT2D eigenvalue weighted by Gasteiger charge is 2.09. The Labute approximate surface area is 156 Å². The quantitative estimate of drug-likeness (QED) is 0.408. The molecule has 0 aliphatic heterocycles. The van der Waals surface area contributed by atoms with Crippen molar-refractivity contribution in [1.29, 1.82) is 0 Å². The molecule has 3 aromatic rings. The number of halogens is 1. The molecule has 0 unspecified atom stereocenters. The number of nitrogens with zero attached hydrogens (tertiary/aromatic N) is 5. The molecule has 0 radical (unpaired) electrons. The second kappa shape index (κ2) is 8.31. The Morgan fingerprint density at radius 2 is 2.20 bits per heavy atom. The molecule has 0 saturated heterocycles. The van der Waals surface area contributed by atoms with E-state index in [0.29, 0.717) is 0 Å². The molecule has 0 fully saturated rings. The lowest BCUT2D eigenvalue weighted by Crippen LogP contribution is -2.38. The molecule has 8 heteroatoms. The first-order valence-corrected chi connectivity index (χ1v) is 9.31. The van der Waals surface area contributed by atoms with Gasteiger partial charge in [0, 0.05) is 38.1 Å². The van der Waals surface area contributed by atoms with Crippen LogP contribution in [0.3, 0.4) is 0 Å². The Bertz CT molecular complexity index is 856. The zero-order valence-corrected chi connectivity index (χ0v) is 15.9. The van der Waals surface area contributed by atoms with Crippen molar-refractivity contribution in [3.05, 3.63) is 51.6 Å². The van der Waals surface area contributed by atoms with Crippen LogP contribution in [-0.4, -0.2) is 46.1 Å². The molecule has 3 aromatic heterocycles. The minimum Gasteiger partial charge on any atom is -0.356 e. The highest BCUT2D eigenvalue weighted by atomic mass is 35.5. The number of aliphatic imine (C=N–C) groups is 1. The van der Waals surface area contributed by atoms with Gasteiger partial charge in [0.25, 0.3) is 0 Å². The van der Waals surface area contributed by atoms with Gasteiger partial charge in [0.1, 0.15) is 5.82 Å². The summed E-state index contributed by atoms with van der Waals surface area (Å²) < 4.78 is 2.84. The number of rotatable bonds is 6. The lowest BCUT2D eigenvalue weighted by atomic mass is 10.3. The summed E-state index contributed by atoms with van der Waals surface area (Å²) in [4.78, 5) is 7.65. The van der Waals surface area contributed by atoms with Gasteiger partial charge in [-0.05, 0) is 30.7 Å². The fourth-order valence-electron chi connectivity index (χ4n) is 2.64. The van der Waals surface area contributed by atoms with Crippen LogP contribution < -0.4 is 5.32 Å². The fraction of sp³-hybridized carbons (Fsp3) is 0.353. The average molecular weight is 377 g/mol. The molecule has 0 bridgehead atoms. The molecular weight excluding hydrogens is 356 g/mol. The number of aromatic nitrogens is 3. The maximum absolute atomic E-state index is 5.99. The van der Waals surface area contributed by atoms with Gasteiger partial charge < -0.3 is 10.2 Å². The van der Waals surface area contributed by atoms with E-state index in [1.165, 1.54) is 4.88 Å². The summed E-state index contributed by atoms with van der Waals surface area (Å²) in [5.41, 5.74) is 0.885. The van der Waals surface area contributed by atoms with Crippen LogP contribution in [0.2, 0.25) is 4.34 Å². The minimum atomic E-state index is 0.784. The monoisotopic (exact) mass is 376 g/mol. The van der Waals surface area contributed by atoms with E-state index >= 15 is 0 Å². The van der Waals surface area contributed by atoms with E-state index < -0.39 is 0 Å². The Balaban J connectivity index is 1.48. The van der Waals surface area contributed by atoms with Gasteiger partial charge in [-0.2, -0.15) is 0 Å². The smallest absolute Gasteiger partial charge is 0.193 e. The molecule has 0 aliphatic carbocycles. The van der Waals surface area contributed by atoms with E-state index in [1.54, 1.807) is 18.4 Å². The van der Waals surface area contributed by atoms with Crippen LogP contribution in [-0.2, 0) is 13.0 Å². The average Bonchev–Trinajstić information content (AvgIpc) is 3.21. The summed E-state index contributed by atoms with van der Waals surface area (Å²) >= 11 is 7.59. The van der Waals surface area contributed by atoms with Crippen LogP contribution >= 0.6 is 22.9 Å². The van der Waals surface area contributed by atoms with Gasteiger partial charge in [0.15, 0.2) is 11.6 Å². The van der Waals surface area contributed by atoms with Gasteiger partial charge in [-0.15, -0.1) is 21.5 Å². The summed E-state index contributed by atoms with van der Waals surface area (Å²) in [5, 5.41) is 11.8. The zero-order chi connectivity index (χ0) is 17.6. The van der Waals surface area contributed by atoms with Gasteiger partial charge in [0.05, 0.1) is 10.9 Å². The van der Waals surface area contributed by atoms with E-state index in [0.717, 1.165) is 47.7 Å². The van der Waals surface area contributed by atoms with Gasteiger partial charge in [-0.1, -0.05) is 17.7 Å². The first-order chi connectivity index (χ1) is 12.2. The Morgan fingerprint density at radius 3 is 2.96 bits per heavy atom. The van der Waals surface area contributed by atoms with Crippen molar-refractivity contribution in [3.63, 3.8) is 0 Å². The highest BCUT2D eigenvalue weighted by Crippen LogP contribution is 2.22. The summed E-state index contributed by atoms with van der Waals surface area (Å²) in [6, 6.07) is 9.89. The molecule has 0 atom stereocenters. The van der Waals surface area contributed by atoms with Crippen molar-refractivity contribution in [2.75, 3.05) is 20.6 Å². The molecule has 0 aromatic carbocycles. The van der Waals surface area contributed by atoms with E-state index in [2.05, 4.69) is 25.4 Å². The predicted molar refractivity (Wildman–Crippen MR) is 103 cm³/mol. The standard InChI is InChI=1S/C17H21ClN6S/c1-19-17(23(2)12-13-8-9-14(18)25-13)20-10-5-7-16-22-21-15-6-3-4-11-24(15)16/h3-4,6,8-9,11H,5,7,10,12H2,1-2H3,(H,19,20). The van der Waals surface area contributed by atoms with Crippen LogP contribution in [0.25, 0.3) is 5.65 Å². The lowest BCUT2D eigenvalue weighted by Gasteiger charge is -2.21. The van der Waals surface area contributed by atoms with Crippen LogP contribution in [0.4, 0.5) is 0 Å². The van der Waals surface area contributed by atoms with Crippen LogP contribution in [0, 0.1) is 0 Å². The topological polar surface area (TPSA) is 57.8 Å². The summed E-state index contributed by atoms with van der Waals surface area (Å²) in [6.07, 6.45) is 3.81. The molecule has 0 amide bonds. The highest BCUT2D eigenvalue weighted by molar-refractivity contribution is 7.16. The van der Waals surface area contributed by atoms with Gasteiger partial charge in [-0.25, -0.2) is 0 Å². The van der Waals surface area contributed by atoms with Crippen molar-refractivity contribution in [2.45, 2.75) is 19.4 Å². The lowest BCUT2D eigenvalue weighted by molar-refractivity contribution is 0.480. The van der Waals surface area contributed by atoms with Crippen LogP contribution in [0.15, 0.2) is 41.5 Å². The first-order valence-electron chi connectivity index (χ1n) is 8.12. The number of hydrogen-bond donors (Lipinski definition) is 1. The van der Waals surface area contributed by atoms with Crippen LogP contribution in [0.1, 0.15) is 17.1 Å². The number of pyridine rings is 1. The number of hydrogen-bond acceptors (Lipinski definition) is 4. The maximum atomic E-state index is 5.99. The Hall–Kier alpha value is -2.12. The van der Waals surface area contributed by atoms with Gasteiger partial charge in [0.2, 0.25) is 0 Å². The van der Waals surface area contributed by atoms with E-state index in [-0.39, 0.29) is 0 Å². The predicted octanol–water partition coefficient (Wildman–Crippen LogP) is 3.08. The van der Waals surface area contributed by atoms with Crippen molar-refractivity contribution in [2.24, 2.45) is 4.99 Å². The van der Waals surface area contributed by atoms with Gasteiger partial charge >= 0.3 is 0 Å². The third kappa shape index (κ3) is 4.49. The molecule has 25 heavy (non-hydrogen) atoms. The molecule has 0 aliphatic rings. The molecule has 3 rings (SSSR count). The SMILES string of the molecule is CN=C(NCCCc1nnc2ccccn12)N(C)Cc1ccc(Cl)s1. The molecule has 0 saturated carbocycles. The number of aryl methyl sites for hydroxylation is 1. The normalized spacial score (nSPS) is 11.9. The van der Waals surface area contributed by atoms with E-state index in [4.69, 9.17) is 11.6 Å². The third-order valence-corrected chi connectivity index (χ3v) is 5.06. The van der Waals surface area contributed by atoms with Crippen molar-refractivity contribution in [3.8, 4) is 0 Å². The Kier molecular flexibility index (Phi) is 5.88. The van der Waals surface area contributed by atoms with Crippen LogP contribution in [0.5, 0.6) is 0 Å². The summed E-state index contributed by atoms with van der Waals surface area (Å²) in [5.74, 6) is 1.85. The zero-order valence-electron chi connectivity index (χ0n) is 14.3. The van der Waals surface area contributed by atoms with Gasteiger partial charge in [-0.3, -0.25) is 9.39 Å². The second-order valence-corrected chi connectivity index (χ2v) is 7.48. The summed E-state index contributed by atoms with van der Waals surface area (Å²) in [7, 11) is 3.82. The molecular formula is C17H21ClN6S. The molecule has 3 heterocycles. The maximum Gasteiger partial charge on any atom is 0.193 e. The minimum absolute atomic E-state index is 0.784. The third-order valence-electron chi connectivity index (χ3n) is 3.84. The van der Waals surface area contributed by atoms with E-state index in [9.17, 15) is 0 Å². The number of thiophene rings is 1. The number of guanidine groups is 1. The van der Waals surface area contributed by atoms with Crippen molar-refractivity contribution >= 4 is 34.5 Å². The Morgan fingerprint density at radius 1 is 1.32 bits per heavy atom. The molecule has 0 spiro atoms. The summed E-state index contributed by atoms with van der Waals surface area (Å²) in [6.45, 7) is 1.61. The second-order valence-electron chi connectivity index (χ2n) is 5.68. The van der Waals surface area contributed by atoms with E-state index in [1.807, 2.05) is 48.0 Å². The molecule has 6 nitrogen and oxygen atoms in total. The fourth-order valence-corrected chi connectivity index (χ4v) is 3.78. The largest absolute Gasteiger partial charge is 0.356 e. The van der Waals surface area contributed by atoms with Crippen molar-refractivity contribution < 1.29 is 0 Å². The van der Waals surface area contributed by atoms with Crippen molar-refractivity contribution in [1.82, 2.24) is 24.8 Å².